The lowest BCUT2D eigenvalue weighted by Crippen LogP contribution is -2.22. The molecule has 0 N–H and O–H groups in total. The first-order valence-electron chi connectivity index (χ1n) is 4.86. The number of rotatable bonds is 2. The second-order valence-electron chi connectivity index (χ2n) is 4.25. The highest BCUT2D eigenvalue weighted by atomic mass is 16.5. The zero-order chi connectivity index (χ0) is 11.3. The SMILES string of the molecule is CC(C)(C)Oc1ccc(C=CC#N)cc1. The molecule has 0 unspecified atom stereocenters. The van der Waals surface area contributed by atoms with E-state index in [0.717, 1.165) is 11.3 Å². The molecule has 1 rings (SSSR count). The molecule has 1 aromatic rings. The van der Waals surface area contributed by atoms with Gasteiger partial charge in [0, 0.05) is 6.08 Å². The van der Waals surface area contributed by atoms with E-state index in [1.165, 1.54) is 6.08 Å². The molecule has 0 spiro atoms. The molecule has 0 atom stereocenters. The zero-order valence-corrected chi connectivity index (χ0v) is 9.32. The summed E-state index contributed by atoms with van der Waals surface area (Å²) in [4.78, 5) is 0. The Balaban J connectivity index is 2.74. The van der Waals surface area contributed by atoms with E-state index in [1.54, 1.807) is 6.08 Å². The van der Waals surface area contributed by atoms with Crippen LogP contribution in [0.3, 0.4) is 0 Å². The number of hydrogen-bond acceptors (Lipinski definition) is 2. The van der Waals surface area contributed by atoms with E-state index in [1.807, 2.05) is 51.1 Å². The first-order valence-corrected chi connectivity index (χ1v) is 4.86. The molecule has 0 amide bonds. The van der Waals surface area contributed by atoms with Crippen LogP contribution in [0, 0.1) is 11.3 Å². The minimum absolute atomic E-state index is 0.177. The molecule has 0 aliphatic heterocycles. The molecule has 2 heteroatoms. The predicted octanol–water partition coefficient (Wildman–Crippen LogP) is 3.40. The molecule has 0 heterocycles. The van der Waals surface area contributed by atoms with E-state index in [-0.39, 0.29) is 5.60 Å². The average molecular weight is 201 g/mol. The Hall–Kier alpha value is -1.75. The fourth-order valence-corrected chi connectivity index (χ4v) is 1.13. The summed E-state index contributed by atoms with van der Waals surface area (Å²) in [6.45, 7) is 6.03. The Bertz CT molecular complexity index is 376. The summed E-state index contributed by atoms with van der Waals surface area (Å²) in [6.07, 6.45) is 3.22. The van der Waals surface area contributed by atoms with Crippen molar-refractivity contribution in [2.24, 2.45) is 0 Å². The van der Waals surface area contributed by atoms with Crippen molar-refractivity contribution >= 4 is 6.08 Å². The van der Waals surface area contributed by atoms with Crippen LogP contribution >= 0.6 is 0 Å². The summed E-state index contributed by atoms with van der Waals surface area (Å²) in [5.41, 5.74) is 0.821. The topological polar surface area (TPSA) is 33.0 Å². The minimum Gasteiger partial charge on any atom is -0.488 e. The van der Waals surface area contributed by atoms with Crippen molar-refractivity contribution in [3.05, 3.63) is 35.9 Å². The van der Waals surface area contributed by atoms with E-state index < -0.39 is 0 Å². The molecule has 1 aromatic carbocycles. The molecule has 15 heavy (non-hydrogen) atoms. The van der Waals surface area contributed by atoms with Crippen molar-refractivity contribution in [1.82, 2.24) is 0 Å². The molecule has 0 saturated heterocycles. The van der Waals surface area contributed by atoms with Crippen LogP contribution in [0.5, 0.6) is 5.75 Å². The van der Waals surface area contributed by atoms with Gasteiger partial charge in [0.15, 0.2) is 0 Å². The van der Waals surface area contributed by atoms with Gasteiger partial charge in [-0.05, 0) is 44.5 Å². The largest absolute Gasteiger partial charge is 0.488 e. The predicted molar refractivity (Wildman–Crippen MR) is 61.5 cm³/mol. The fourth-order valence-electron chi connectivity index (χ4n) is 1.13. The summed E-state index contributed by atoms with van der Waals surface area (Å²) < 4.78 is 5.67. The van der Waals surface area contributed by atoms with Crippen molar-refractivity contribution in [1.29, 1.82) is 5.26 Å². The van der Waals surface area contributed by atoms with Crippen LogP contribution in [-0.4, -0.2) is 5.60 Å². The van der Waals surface area contributed by atoms with Crippen molar-refractivity contribution in [3.8, 4) is 11.8 Å². The highest BCUT2D eigenvalue weighted by molar-refractivity contribution is 5.52. The van der Waals surface area contributed by atoms with Crippen LogP contribution in [0.4, 0.5) is 0 Å². The molecule has 0 bridgehead atoms. The summed E-state index contributed by atoms with van der Waals surface area (Å²) in [6, 6.07) is 9.62. The lowest BCUT2D eigenvalue weighted by atomic mass is 10.1. The molecule has 78 valence electrons. The van der Waals surface area contributed by atoms with E-state index in [4.69, 9.17) is 10.00 Å². The van der Waals surface area contributed by atoms with Crippen LogP contribution < -0.4 is 4.74 Å². The second-order valence-corrected chi connectivity index (χ2v) is 4.25. The van der Waals surface area contributed by atoms with E-state index in [9.17, 15) is 0 Å². The lowest BCUT2D eigenvalue weighted by Gasteiger charge is -2.21. The molecular weight excluding hydrogens is 186 g/mol. The normalized spacial score (nSPS) is 11.3. The van der Waals surface area contributed by atoms with Gasteiger partial charge in [-0.25, -0.2) is 0 Å². The number of hydrogen-bond donors (Lipinski definition) is 0. The van der Waals surface area contributed by atoms with Crippen molar-refractivity contribution in [2.45, 2.75) is 26.4 Å². The Morgan fingerprint density at radius 2 is 1.80 bits per heavy atom. The third kappa shape index (κ3) is 4.33. The number of nitrogens with zero attached hydrogens (tertiary/aromatic N) is 1. The second kappa shape index (κ2) is 4.65. The zero-order valence-electron chi connectivity index (χ0n) is 9.32. The standard InChI is InChI=1S/C13H15NO/c1-13(2,3)15-12-8-6-11(7-9-12)5-4-10-14/h4-9H,1-3H3. The Kier molecular flexibility index (Phi) is 3.51. The Labute approximate surface area is 90.8 Å². The van der Waals surface area contributed by atoms with Crippen molar-refractivity contribution < 1.29 is 4.74 Å². The van der Waals surface area contributed by atoms with Crippen LogP contribution in [0.15, 0.2) is 30.3 Å². The number of allylic oxidation sites excluding steroid dienone is 1. The molecule has 2 nitrogen and oxygen atoms in total. The molecule has 0 radical (unpaired) electrons. The van der Waals surface area contributed by atoms with Gasteiger partial charge >= 0.3 is 0 Å². The molecular formula is C13H15NO. The maximum absolute atomic E-state index is 8.37. The van der Waals surface area contributed by atoms with Gasteiger partial charge in [0.2, 0.25) is 0 Å². The minimum atomic E-state index is -0.177. The Morgan fingerprint density at radius 3 is 2.27 bits per heavy atom. The summed E-state index contributed by atoms with van der Waals surface area (Å²) >= 11 is 0. The molecule has 0 fully saturated rings. The van der Waals surface area contributed by atoms with Gasteiger partial charge in [0.05, 0.1) is 6.07 Å². The molecule has 0 aliphatic rings. The van der Waals surface area contributed by atoms with Gasteiger partial charge in [0.25, 0.3) is 0 Å². The smallest absolute Gasteiger partial charge is 0.120 e. The lowest BCUT2D eigenvalue weighted by molar-refractivity contribution is 0.131. The van der Waals surface area contributed by atoms with Gasteiger partial charge in [-0.3, -0.25) is 0 Å². The fraction of sp³-hybridized carbons (Fsp3) is 0.308. The molecule has 0 saturated carbocycles. The van der Waals surface area contributed by atoms with Crippen LogP contribution in [-0.2, 0) is 0 Å². The third-order valence-corrected chi connectivity index (χ3v) is 1.65. The number of ether oxygens (including phenoxy) is 1. The van der Waals surface area contributed by atoms with Crippen LogP contribution in [0.2, 0.25) is 0 Å². The summed E-state index contributed by atoms with van der Waals surface area (Å²) in [5.74, 6) is 0.844. The van der Waals surface area contributed by atoms with E-state index in [0.29, 0.717) is 0 Å². The van der Waals surface area contributed by atoms with Gasteiger partial charge < -0.3 is 4.74 Å². The molecule has 0 aromatic heterocycles. The summed E-state index contributed by atoms with van der Waals surface area (Å²) in [5, 5.41) is 8.37. The van der Waals surface area contributed by atoms with Gasteiger partial charge in [0.1, 0.15) is 11.4 Å². The Morgan fingerprint density at radius 1 is 1.20 bits per heavy atom. The van der Waals surface area contributed by atoms with E-state index >= 15 is 0 Å². The van der Waals surface area contributed by atoms with Gasteiger partial charge in [-0.15, -0.1) is 0 Å². The molecule has 0 aliphatic carbocycles. The maximum atomic E-state index is 8.37. The number of benzene rings is 1. The van der Waals surface area contributed by atoms with E-state index in [2.05, 4.69) is 0 Å². The average Bonchev–Trinajstić information content (AvgIpc) is 2.14. The van der Waals surface area contributed by atoms with Gasteiger partial charge in [-0.1, -0.05) is 12.1 Å². The summed E-state index contributed by atoms with van der Waals surface area (Å²) in [7, 11) is 0. The third-order valence-electron chi connectivity index (χ3n) is 1.65. The van der Waals surface area contributed by atoms with Crippen molar-refractivity contribution in [2.75, 3.05) is 0 Å². The maximum Gasteiger partial charge on any atom is 0.120 e. The number of nitriles is 1. The quantitative estimate of drug-likeness (QED) is 0.687. The highest BCUT2D eigenvalue weighted by Crippen LogP contribution is 2.18. The monoisotopic (exact) mass is 201 g/mol. The van der Waals surface area contributed by atoms with Crippen LogP contribution in [0.1, 0.15) is 26.3 Å². The first-order chi connectivity index (χ1) is 7.01. The van der Waals surface area contributed by atoms with Gasteiger partial charge in [-0.2, -0.15) is 5.26 Å². The first kappa shape index (κ1) is 11.3. The highest BCUT2D eigenvalue weighted by Gasteiger charge is 2.10. The van der Waals surface area contributed by atoms with Crippen LogP contribution in [0.25, 0.3) is 6.08 Å². The van der Waals surface area contributed by atoms with Crippen molar-refractivity contribution in [3.63, 3.8) is 0 Å².